The van der Waals surface area contributed by atoms with Gasteiger partial charge in [-0.2, -0.15) is 13.2 Å². The van der Waals surface area contributed by atoms with Crippen molar-refractivity contribution in [2.24, 2.45) is 0 Å². The molecule has 0 aliphatic heterocycles. The van der Waals surface area contributed by atoms with E-state index in [2.05, 4.69) is 9.97 Å². The number of benzene rings is 1. The highest BCUT2D eigenvalue weighted by Gasteiger charge is 2.35. The standard InChI is InChI=1S/C11H8ClF3N2/c1-5-3-6(2)8-7(4-5)16-10(11(13,14)15)17-9(8)12/h3-4H,1-2H3. The lowest BCUT2D eigenvalue weighted by Crippen LogP contribution is -2.11. The van der Waals surface area contributed by atoms with E-state index in [1.165, 1.54) is 0 Å². The summed E-state index contributed by atoms with van der Waals surface area (Å²) < 4.78 is 37.5. The van der Waals surface area contributed by atoms with Crippen LogP contribution in [0.3, 0.4) is 0 Å². The van der Waals surface area contributed by atoms with E-state index < -0.39 is 12.0 Å². The van der Waals surface area contributed by atoms with Crippen molar-refractivity contribution in [2.45, 2.75) is 20.0 Å². The number of aryl methyl sites for hydroxylation is 2. The summed E-state index contributed by atoms with van der Waals surface area (Å²) in [7, 11) is 0. The summed E-state index contributed by atoms with van der Waals surface area (Å²) in [5.74, 6) is -1.21. The SMILES string of the molecule is Cc1cc(C)c2c(Cl)nc(C(F)(F)F)nc2c1. The highest BCUT2D eigenvalue weighted by atomic mass is 35.5. The van der Waals surface area contributed by atoms with Crippen LogP contribution in [0.2, 0.25) is 5.15 Å². The molecule has 2 nitrogen and oxygen atoms in total. The Morgan fingerprint density at radius 3 is 2.35 bits per heavy atom. The minimum atomic E-state index is -4.59. The maximum absolute atomic E-state index is 12.5. The molecule has 6 heteroatoms. The minimum absolute atomic E-state index is 0.167. The van der Waals surface area contributed by atoms with Crippen LogP contribution in [0.4, 0.5) is 13.2 Å². The second-order valence-electron chi connectivity index (χ2n) is 3.81. The van der Waals surface area contributed by atoms with E-state index in [1.807, 2.05) is 6.07 Å². The molecule has 0 aliphatic carbocycles. The van der Waals surface area contributed by atoms with Crippen LogP contribution in [-0.4, -0.2) is 9.97 Å². The Balaban J connectivity index is 2.82. The summed E-state index contributed by atoms with van der Waals surface area (Å²) in [6, 6.07) is 3.38. The van der Waals surface area contributed by atoms with Crippen molar-refractivity contribution >= 4 is 22.5 Å². The number of hydrogen-bond acceptors (Lipinski definition) is 2. The van der Waals surface area contributed by atoms with Gasteiger partial charge in [-0.05, 0) is 31.0 Å². The van der Waals surface area contributed by atoms with Gasteiger partial charge < -0.3 is 0 Å². The second kappa shape index (κ2) is 3.84. The number of hydrogen-bond donors (Lipinski definition) is 0. The fraction of sp³-hybridized carbons (Fsp3) is 0.273. The molecule has 0 fully saturated rings. The first kappa shape index (κ1) is 12.1. The van der Waals surface area contributed by atoms with Gasteiger partial charge in [0.2, 0.25) is 5.82 Å². The Morgan fingerprint density at radius 2 is 1.76 bits per heavy atom. The van der Waals surface area contributed by atoms with Crippen LogP contribution in [0.25, 0.3) is 10.9 Å². The number of halogens is 4. The summed E-state index contributed by atoms with van der Waals surface area (Å²) >= 11 is 5.77. The van der Waals surface area contributed by atoms with Gasteiger partial charge in [-0.1, -0.05) is 17.7 Å². The predicted molar refractivity (Wildman–Crippen MR) is 59.0 cm³/mol. The van der Waals surface area contributed by atoms with Crippen LogP contribution in [0.1, 0.15) is 17.0 Å². The van der Waals surface area contributed by atoms with Gasteiger partial charge >= 0.3 is 6.18 Å². The fourth-order valence-corrected chi connectivity index (χ4v) is 2.04. The molecule has 0 amide bonds. The molecule has 1 aromatic carbocycles. The maximum Gasteiger partial charge on any atom is 0.451 e. The third-order valence-electron chi connectivity index (χ3n) is 2.35. The van der Waals surface area contributed by atoms with Crippen LogP contribution >= 0.6 is 11.6 Å². The molecule has 0 spiro atoms. The molecule has 1 heterocycles. The van der Waals surface area contributed by atoms with Crippen molar-refractivity contribution in [2.75, 3.05) is 0 Å². The van der Waals surface area contributed by atoms with Gasteiger partial charge in [0.05, 0.1) is 5.52 Å². The van der Waals surface area contributed by atoms with Gasteiger partial charge in [0.1, 0.15) is 5.15 Å². The fourth-order valence-electron chi connectivity index (χ4n) is 1.72. The number of alkyl halides is 3. The molecule has 2 rings (SSSR count). The van der Waals surface area contributed by atoms with Gasteiger partial charge in [-0.25, -0.2) is 9.97 Å². The molecule has 0 radical (unpaired) electrons. The van der Waals surface area contributed by atoms with Crippen LogP contribution in [0.5, 0.6) is 0 Å². The van der Waals surface area contributed by atoms with Gasteiger partial charge in [-0.15, -0.1) is 0 Å². The molecule has 0 aliphatic rings. The van der Waals surface area contributed by atoms with Crippen LogP contribution in [0.15, 0.2) is 12.1 Å². The van der Waals surface area contributed by atoms with Gasteiger partial charge in [-0.3, -0.25) is 0 Å². The normalized spacial score (nSPS) is 12.1. The first-order chi connectivity index (χ1) is 7.79. The zero-order valence-corrected chi connectivity index (χ0v) is 9.82. The molecule has 2 aromatic rings. The minimum Gasteiger partial charge on any atom is -0.224 e. The summed E-state index contributed by atoms with van der Waals surface area (Å²) in [4.78, 5) is 6.80. The largest absolute Gasteiger partial charge is 0.451 e. The summed E-state index contributed by atoms with van der Waals surface area (Å²) in [5, 5.41) is 0.296. The molecule has 1 aromatic heterocycles. The molecule has 0 bridgehead atoms. The predicted octanol–water partition coefficient (Wildman–Crippen LogP) is 3.92. The van der Waals surface area contributed by atoms with Crippen molar-refractivity contribution in [1.82, 2.24) is 9.97 Å². The molecule has 0 unspecified atom stereocenters. The Hall–Kier alpha value is -1.36. The summed E-state index contributed by atoms with van der Waals surface area (Å²) in [6.45, 7) is 3.55. The van der Waals surface area contributed by atoms with Gasteiger partial charge in [0.15, 0.2) is 0 Å². The highest BCUT2D eigenvalue weighted by molar-refractivity contribution is 6.34. The van der Waals surface area contributed by atoms with E-state index in [9.17, 15) is 13.2 Å². The molecule has 0 saturated heterocycles. The molecule has 90 valence electrons. The average molecular weight is 261 g/mol. The van der Waals surface area contributed by atoms with Crippen molar-refractivity contribution in [1.29, 1.82) is 0 Å². The summed E-state index contributed by atoms with van der Waals surface area (Å²) in [5.41, 5.74) is 1.81. The molecule has 0 saturated carbocycles. The molecule has 0 N–H and O–H groups in total. The van der Waals surface area contributed by atoms with E-state index in [1.54, 1.807) is 19.9 Å². The van der Waals surface area contributed by atoms with Crippen molar-refractivity contribution in [3.05, 3.63) is 34.2 Å². The van der Waals surface area contributed by atoms with Crippen LogP contribution in [0, 0.1) is 13.8 Å². The van der Waals surface area contributed by atoms with E-state index in [4.69, 9.17) is 11.6 Å². The topological polar surface area (TPSA) is 25.8 Å². The van der Waals surface area contributed by atoms with Crippen LogP contribution in [-0.2, 0) is 6.18 Å². The van der Waals surface area contributed by atoms with Crippen molar-refractivity contribution < 1.29 is 13.2 Å². The zero-order valence-electron chi connectivity index (χ0n) is 9.06. The number of rotatable bonds is 0. The molecular formula is C11H8ClF3N2. The third-order valence-corrected chi connectivity index (χ3v) is 2.62. The van der Waals surface area contributed by atoms with E-state index in [-0.39, 0.29) is 10.7 Å². The quantitative estimate of drug-likeness (QED) is 0.671. The second-order valence-corrected chi connectivity index (χ2v) is 4.17. The van der Waals surface area contributed by atoms with E-state index in [0.717, 1.165) is 11.1 Å². The van der Waals surface area contributed by atoms with Crippen molar-refractivity contribution in [3.8, 4) is 0 Å². The van der Waals surface area contributed by atoms with Crippen molar-refractivity contribution in [3.63, 3.8) is 0 Å². The average Bonchev–Trinajstić information content (AvgIpc) is 2.13. The monoisotopic (exact) mass is 260 g/mol. The van der Waals surface area contributed by atoms with Gasteiger partial charge in [0.25, 0.3) is 0 Å². The highest BCUT2D eigenvalue weighted by Crippen LogP contribution is 2.31. The third kappa shape index (κ3) is 2.20. The lowest BCUT2D eigenvalue weighted by molar-refractivity contribution is -0.144. The number of fused-ring (bicyclic) bond motifs is 1. The Labute approximate surface area is 100 Å². The smallest absolute Gasteiger partial charge is 0.224 e. The van der Waals surface area contributed by atoms with E-state index >= 15 is 0 Å². The Bertz CT molecular complexity index is 593. The van der Waals surface area contributed by atoms with Crippen LogP contribution < -0.4 is 0 Å². The van der Waals surface area contributed by atoms with Gasteiger partial charge in [0, 0.05) is 5.39 Å². The molecular weight excluding hydrogens is 253 g/mol. The molecule has 0 atom stereocenters. The number of nitrogens with zero attached hydrogens (tertiary/aromatic N) is 2. The maximum atomic E-state index is 12.5. The Morgan fingerprint density at radius 1 is 1.12 bits per heavy atom. The Kier molecular flexibility index (Phi) is 2.73. The number of aromatic nitrogens is 2. The molecule has 17 heavy (non-hydrogen) atoms. The first-order valence-corrected chi connectivity index (χ1v) is 5.18. The first-order valence-electron chi connectivity index (χ1n) is 4.81. The lowest BCUT2D eigenvalue weighted by Gasteiger charge is -2.09. The van der Waals surface area contributed by atoms with E-state index in [0.29, 0.717) is 5.39 Å². The summed E-state index contributed by atoms with van der Waals surface area (Å²) in [6.07, 6.45) is -4.59. The lowest BCUT2D eigenvalue weighted by atomic mass is 10.1. The zero-order chi connectivity index (χ0) is 12.8.